The van der Waals surface area contributed by atoms with Gasteiger partial charge in [0.05, 0.1) is 13.1 Å². The van der Waals surface area contributed by atoms with Gasteiger partial charge < -0.3 is 15.7 Å². The van der Waals surface area contributed by atoms with E-state index in [-0.39, 0.29) is 24.8 Å². The van der Waals surface area contributed by atoms with Crippen molar-refractivity contribution in [3.05, 3.63) is 63.9 Å². The maximum Gasteiger partial charge on any atom is 0.239 e. The summed E-state index contributed by atoms with van der Waals surface area (Å²) in [4.78, 5) is 12.0. The van der Waals surface area contributed by atoms with Crippen LogP contribution in [-0.4, -0.2) is 24.1 Å². The predicted octanol–water partition coefficient (Wildman–Crippen LogP) is 3.33. The molecule has 1 amide bonds. The smallest absolute Gasteiger partial charge is 0.239 e. The Labute approximate surface area is 149 Å². The molecule has 1 atom stereocenters. The van der Waals surface area contributed by atoms with Gasteiger partial charge >= 0.3 is 0 Å². The molecular formula is C18H20BrFN2O2. The van der Waals surface area contributed by atoms with Gasteiger partial charge in [-0.15, -0.1) is 0 Å². The molecule has 3 N–H and O–H groups in total. The van der Waals surface area contributed by atoms with E-state index < -0.39 is 5.60 Å². The van der Waals surface area contributed by atoms with E-state index in [1.807, 2.05) is 25.1 Å². The number of hydrogen-bond donors (Lipinski definition) is 3. The summed E-state index contributed by atoms with van der Waals surface area (Å²) in [6.07, 6.45) is 0. The lowest BCUT2D eigenvalue weighted by molar-refractivity contribution is -0.120. The molecule has 2 aromatic rings. The Hall–Kier alpha value is -1.92. The fraction of sp³-hybridized carbons (Fsp3) is 0.278. The summed E-state index contributed by atoms with van der Waals surface area (Å²) in [6.45, 7) is 3.66. The average molecular weight is 395 g/mol. The summed E-state index contributed by atoms with van der Waals surface area (Å²) in [6, 6.07) is 11.3. The zero-order valence-electron chi connectivity index (χ0n) is 13.6. The van der Waals surface area contributed by atoms with Crippen LogP contribution < -0.4 is 10.6 Å². The van der Waals surface area contributed by atoms with Gasteiger partial charge in [0.1, 0.15) is 11.4 Å². The molecule has 0 bridgehead atoms. The highest BCUT2D eigenvalue weighted by molar-refractivity contribution is 9.10. The van der Waals surface area contributed by atoms with Crippen LogP contribution in [0, 0.1) is 12.7 Å². The summed E-state index contributed by atoms with van der Waals surface area (Å²) in [7, 11) is 0. The number of aryl methyl sites for hydroxylation is 1. The average Bonchev–Trinajstić information content (AvgIpc) is 2.52. The molecule has 0 fully saturated rings. The monoisotopic (exact) mass is 394 g/mol. The maximum atomic E-state index is 12.9. The normalized spacial score (nSPS) is 13.2. The first kappa shape index (κ1) is 18.4. The molecule has 6 heteroatoms. The number of halogens is 2. The molecule has 0 radical (unpaired) electrons. The zero-order valence-corrected chi connectivity index (χ0v) is 15.2. The molecule has 24 heavy (non-hydrogen) atoms. The van der Waals surface area contributed by atoms with Crippen molar-refractivity contribution in [3.63, 3.8) is 0 Å². The third-order valence-corrected chi connectivity index (χ3v) is 4.22. The van der Waals surface area contributed by atoms with Crippen molar-refractivity contribution in [2.45, 2.75) is 19.4 Å². The summed E-state index contributed by atoms with van der Waals surface area (Å²) < 4.78 is 13.9. The van der Waals surface area contributed by atoms with Gasteiger partial charge in [0, 0.05) is 10.2 Å². The number of anilines is 1. The van der Waals surface area contributed by atoms with Crippen molar-refractivity contribution < 1.29 is 14.3 Å². The Morgan fingerprint density at radius 3 is 2.54 bits per heavy atom. The van der Waals surface area contributed by atoms with Crippen LogP contribution in [0.5, 0.6) is 0 Å². The van der Waals surface area contributed by atoms with Crippen LogP contribution in [0.2, 0.25) is 0 Å². The van der Waals surface area contributed by atoms with Crippen molar-refractivity contribution in [2.24, 2.45) is 0 Å². The molecule has 0 aliphatic carbocycles. The lowest BCUT2D eigenvalue weighted by atomic mass is 9.96. The van der Waals surface area contributed by atoms with Gasteiger partial charge in [-0.2, -0.15) is 0 Å². The number of carbonyl (C=O) groups is 1. The van der Waals surface area contributed by atoms with Crippen LogP contribution in [-0.2, 0) is 10.4 Å². The molecule has 0 aliphatic heterocycles. The number of aliphatic hydroxyl groups is 1. The molecule has 0 saturated carbocycles. The first-order valence-electron chi connectivity index (χ1n) is 7.53. The first-order valence-corrected chi connectivity index (χ1v) is 8.32. The van der Waals surface area contributed by atoms with Crippen molar-refractivity contribution >= 4 is 27.5 Å². The number of rotatable bonds is 6. The van der Waals surface area contributed by atoms with Crippen LogP contribution in [0.3, 0.4) is 0 Å². The number of amides is 1. The molecule has 0 aliphatic rings. The molecule has 0 saturated heterocycles. The Morgan fingerprint density at radius 2 is 1.92 bits per heavy atom. The SMILES string of the molecule is Cc1cc(Br)ccc1NCC(=O)NCC(C)(O)c1ccc(F)cc1. The zero-order chi connectivity index (χ0) is 17.7. The third kappa shape index (κ3) is 5.04. The van der Waals surface area contributed by atoms with Gasteiger partial charge in [-0.3, -0.25) is 4.79 Å². The van der Waals surface area contributed by atoms with Crippen molar-refractivity contribution in [1.29, 1.82) is 0 Å². The summed E-state index contributed by atoms with van der Waals surface area (Å²) in [5, 5.41) is 16.2. The van der Waals surface area contributed by atoms with Crippen LogP contribution in [0.25, 0.3) is 0 Å². The fourth-order valence-corrected chi connectivity index (χ4v) is 2.72. The van der Waals surface area contributed by atoms with Gasteiger partial charge in [-0.05, 0) is 55.3 Å². The second-order valence-electron chi connectivity index (χ2n) is 5.87. The maximum absolute atomic E-state index is 12.9. The Balaban J connectivity index is 1.87. The second kappa shape index (κ2) is 7.77. The largest absolute Gasteiger partial charge is 0.384 e. The molecule has 0 aromatic heterocycles. The lowest BCUT2D eigenvalue weighted by Crippen LogP contribution is -2.40. The molecule has 2 rings (SSSR count). The van der Waals surface area contributed by atoms with E-state index in [0.717, 1.165) is 15.7 Å². The van der Waals surface area contributed by atoms with E-state index >= 15 is 0 Å². The number of hydrogen-bond acceptors (Lipinski definition) is 3. The molecule has 2 aromatic carbocycles. The van der Waals surface area contributed by atoms with E-state index in [2.05, 4.69) is 26.6 Å². The van der Waals surface area contributed by atoms with E-state index in [9.17, 15) is 14.3 Å². The molecule has 128 valence electrons. The van der Waals surface area contributed by atoms with E-state index in [1.165, 1.54) is 24.3 Å². The molecular weight excluding hydrogens is 375 g/mol. The van der Waals surface area contributed by atoms with Crippen LogP contribution >= 0.6 is 15.9 Å². The predicted molar refractivity (Wildman–Crippen MR) is 96.3 cm³/mol. The Kier molecular flexibility index (Phi) is 5.96. The minimum Gasteiger partial charge on any atom is -0.384 e. The second-order valence-corrected chi connectivity index (χ2v) is 6.79. The first-order chi connectivity index (χ1) is 11.3. The highest BCUT2D eigenvalue weighted by atomic mass is 79.9. The quantitative estimate of drug-likeness (QED) is 0.703. The van der Waals surface area contributed by atoms with Gasteiger partial charge in [0.25, 0.3) is 0 Å². The minimum absolute atomic E-state index is 0.0401. The van der Waals surface area contributed by atoms with Gasteiger partial charge in [-0.1, -0.05) is 28.1 Å². The van der Waals surface area contributed by atoms with Crippen molar-refractivity contribution in [2.75, 3.05) is 18.4 Å². The van der Waals surface area contributed by atoms with Crippen LogP contribution in [0.15, 0.2) is 46.9 Å². The lowest BCUT2D eigenvalue weighted by Gasteiger charge is -2.24. The Morgan fingerprint density at radius 1 is 1.25 bits per heavy atom. The van der Waals surface area contributed by atoms with Gasteiger partial charge in [-0.25, -0.2) is 4.39 Å². The highest BCUT2D eigenvalue weighted by Gasteiger charge is 2.23. The van der Waals surface area contributed by atoms with E-state index in [1.54, 1.807) is 6.92 Å². The Bertz CT molecular complexity index is 717. The van der Waals surface area contributed by atoms with Gasteiger partial charge in [0.15, 0.2) is 0 Å². The summed E-state index contributed by atoms with van der Waals surface area (Å²) >= 11 is 3.39. The summed E-state index contributed by atoms with van der Waals surface area (Å²) in [5.74, 6) is -0.604. The molecule has 4 nitrogen and oxygen atoms in total. The summed E-state index contributed by atoms with van der Waals surface area (Å²) in [5.41, 5.74) is 1.17. The van der Waals surface area contributed by atoms with E-state index in [4.69, 9.17) is 0 Å². The third-order valence-electron chi connectivity index (χ3n) is 3.72. The molecule has 0 spiro atoms. The van der Waals surface area contributed by atoms with Crippen LogP contribution in [0.1, 0.15) is 18.1 Å². The minimum atomic E-state index is -1.27. The molecule has 1 unspecified atom stereocenters. The standard InChI is InChI=1S/C18H20BrFN2O2/c1-12-9-14(19)5-8-16(12)21-10-17(23)22-11-18(2,24)13-3-6-15(20)7-4-13/h3-9,21,24H,10-11H2,1-2H3,(H,22,23). The highest BCUT2D eigenvalue weighted by Crippen LogP contribution is 2.21. The number of benzene rings is 2. The van der Waals surface area contributed by atoms with Gasteiger partial charge in [0.2, 0.25) is 5.91 Å². The van der Waals surface area contributed by atoms with E-state index in [0.29, 0.717) is 5.56 Å². The number of carbonyl (C=O) groups excluding carboxylic acids is 1. The van der Waals surface area contributed by atoms with Crippen molar-refractivity contribution in [1.82, 2.24) is 5.32 Å². The van der Waals surface area contributed by atoms with Crippen molar-refractivity contribution in [3.8, 4) is 0 Å². The van der Waals surface area contributed by atoms with Crippen LogP contribution in [0.4, 0.5) is 10.1 Å². The molecule has 0 heterocycles. The fourth-order valence-electron chi connectivity index (χ4n) is 2.25. The topological polar surface area (TPSA) is 61.4 Å². The number of nitrogens with one attached hydrogen (secondary N) is 2.